The van der Waals surface area contributed by atoms with Crippen LogP contribution in [0.4, 0.5) is 5.82 Å². The lowest BCUT2D eigenvalue weighted by molar-refractivity contribution is 0.533. The van der Waals surface area contributed by atoms with Crippen molar-refractivity contribution in [3.8, 4) is 0 Å². The first-order valence-corrected chi connectivity index (χ1v) is 5.99. The summed E-state index contributed by atoms with van der Waals surface area (Å²) in [5.41, 5.74) is 0. The van der Waals surface area contributed by atoms with Crippen LogP contribution < -0.4 is 5.32 Å². The fraction of sp³-hybridized carbons (Fsp3) is 0.500. The molecule has 0 aromatic carbocycles. The van der Waals surface area contributed by atoms with Gasteiger partial charge < -0.3 is 9.88 Å². The summed E-state index contributed by atoms with van der Waals surface area (Å²) in [6, 6.07) is 2.38. The Hall–Kier alpha value is -1.78. The maximum atomic E-state index is 4.43. The molecule has 2 heterocycles. The van der Waals surface area contributed by atoms with Gasteiger partial charge in [-0.1, -0.05) is 0 Å². The fourth-order valence-electron chi connectivity index (χ4n) is 1.68. The summed E-state index contributed by atoms with van der Waals surface area (Å²) in [5, 5.41) is 7.71. The van der Waals surface area contributed by atoms with Crippen molar-refractivity contribution in [2.45, 2.75) is 39.9 Å². The lowest BCUT2D eigenvalue weighted by Crippen LogP contribution is -2.08. The molecule has 0 saturated heterocycles. The van der Waals surface area contributed by atoms with Crippen LogP contribution >= 0.6 is 0 Å². The number of rotatable bonds is 5. The minimum Gasteiger partial charge on any atom is -0.361 e. The van der Waals surface area contributed by atoms with Crippen molar-refractivity contribution in [1.82, 2.24) is 19.3 Å². The number of hydrogen-bond donors (Lipinski definition) is 1. The van der Waals surface area contributed by atoms with Crippen LogP contribution in [0.2, 0.25) is 0 Å². The highest BCUT2D eigenvalue weighted by molar-refractivity contribution is 5.32. The SMILES string of the molecule is CCn1ccnc1CNc1ccn(C(C)C)n1. The molecule has 2 rings (SSSR count). The number of aryl methyl sites for hydroxylation is 1. The number of nitrogens with zero attached hydrogens (tertiary/aromatic N) is 4. The van der Waals surface area contributed by atoms with Gasteiger partial charge in [-0.2, -0.15) is 5.10 Å². The van der Waals surface area contributed by atoms with Gasteiger partial charge in [0.05, 0.1) is 6.54 Å². The Balaban J connectivity index is 1.97. The van der Waals surface area contributed by atoms with Crippen molar-refractivity contribution in [1.29, 1.82) is 0 Å². The number of imidazole rings is 1. The molecular weight excluding hydrogens is 214 g/mol. The highest BCUT2D eigenvalue weighted by atomic mass is 15.3. The van der Waals surface area contributed by atoms with Crippen molar-refractivity contribution in [3.63, 3.8) is 0 Å². The maximum absolute atomic E-state index is 4.43. The minimum absolute atomic E-state index is 0.392. The van der Waals surface area contributed by atoms with E-state index in [9.17, 15) is 0 Å². The fourth-order valence-corrected chi connectivity index (χ4v) is 1.68. The van der Waals surface area contributed by atoms with Crippen LogP contribution in [0.1, 0.15) is 32.6 Å². The zero-order chi connectivity index (χ0) is 12.3. The second-order valence-corrected chi connectivity index (χ2v) is 4.26. The first-order chi connectivity index (χ1) is 8.20. The second-order valence-electron chi connectivity index (χ2n) is 4.26. The van der Waals surface area contributed by atoms with Crippen molar-refractivity contribution in [2.75, 3.05) is 5.32 Å². The van der Waals surface area contributed by atoms with Crippen LogP contribution in [-0.4, -0.2) is 19.3 Å². The van der Waals surface area contributed by atoms with E-state index in [2.05, 4.69) is 40.7 Å². The highest BCUT2D eigenvalue weighted by Crippen LogP contribution is 2.09. The lowest BCUT2D eigenvalue weighted by atomic mass is 10.4. The van der Waals surface area contributed by atoms with E-state index in [1.54, 1.807) is 0 Å². The first-order valence-electron chi connectivity index (χ1n) is 5.99. The molecule has 0 aliphatic rings. The van der Waals surface area contributed by atoms with Gasteiger partial charge in [0.1, 0.15) is 11.6 Å². The van der Waals surface area contributed by atoms with Gasteiger partial charge in [-0.05, 0) is 20.8 Å². The van der Waals surface area contributed by atoms with Crippen molar-refractivity contribution >= 4 is 5.82 Å². The predicted molar refractivity (Wildman–Crippen MR) is 67.8 cm³/mol. The van der Waals surface area contributed by atoms with Gasteiger partial charge in [0.2, 0.25) is 0 Å². The van der Waals surface area contributed by atoms with E-state index < -0.39 is 0 Å². The Morgan fingerprint density at radius 3 is 2.82 bits per heavy atom. The Labute approximate surface area is 101 Å². The van der Waals surface area contributed by atoms with E-state index in [1.165, 1.54) is 0 Å². The zero-order valence-corrected chi connectivity index (χ0v) is 10.6. The maximum Gasteiger partial charge on any atom is 0.148 e. The molecule has 2 aromatic rings. The summed E-state index contributed by atoms with van der Waals surface area (Å²) in [6.07, 6.45) is 5.80. The van der Waals surface area contributed by atoms with Gasteiger partial charge in [-0.25, -0.2) is 4.98 Å². The van der Waals surface area contributed by atoms with Crippen LogP contribution in [0.25, 0.3) is 0 Å². The Kier molecular flexibility index (Phi) is 3.46. The standard InChI is InChI=1S/C12H19N5/c1-4-16-8-6-13-12(16)9-14-11-5-7-17(15-11)10(2)3/h5-8,10H,4,9H2,1-3H3,(H,14,15). The van der Waals surface area contributed by atoms with E-state index >= 15 is 0 Å². The molecule has 0 aliphatic carbocycles. The summed E-state index contributed by atoms with van der Waals surface area (Å²) in [4.78, 5) is 4.31. The van der Waals surface area contributed by atoms with Gasteiger partial charge in [-0.15, -0.1) is 0 Å². The molecule has 1 N–H and O–H groups in total. The average Bonchev–Trinajstić information content (AvgIpc) is 2.95. The van der Waals surface area contributed by atoms with Crippen LogP contribution in [-0.2, 0) is 13.1 Å². The topological polar surface area (TPSA) is 47.7 Å². The Morgan fingerprint density at radius 1 is 1.35 bits per heavy atom. The molecule has 17 heavy (non-hydrogen) atoms. The zero-order valence-electron chi connectivity index (χ0n) is 10.6. The monoisotopic (exact) mass is 233 g/mol. The van der Waals surface area contributed by atoms with Crippen molar-refractivity contribution in [2.24, 2.45) is 0 Å². The summed E-state index contributed by atoms with van der Waals surface area (Å²) in [5.74, 6) is 1.93. The minimum atomic E-state index is 0.392. The molecule has 5 nitrogen and oxygen atoms in total. The summed E-state index contributed by atoms with van der Waals surface area (Å²) in [6.45, 7) is 7.98. The molecule has 0 radical (unpaired) electrons. The third kappa shape index (κ3) is 2.67. The van der Waals surface area contributed by atoms with E-state index in [0.717, 1.165) is 18.2 Å². The molecule has 0 unspecified atom stereocenters. The van der Waals surface area contributed by atoms with Crippen molar-refractivity contribution in [3.05, 3.63) is 30.5 Å². The molecule has 0 fully saturated rings. The first kappa shape index (κ1) is 11.7. The van der Waals surface area contributed by atoms with Gasteiger partial charge in [0.15, 0.2) is 0 Å². The van der Waals surface area contributed by atoms with Gasteiger partial charge in [0.25, 0.3) is 0 Å². The second kappa shape index (κ2) is 5.03. The molecule has 0 amide bonds. The molecule has 0 saturated carbocycles. The van der Waals surface area contributed by atoms with Crippen LogP contribution in [0.5, 0.6) is 0 Å². The molecule has 0 bridgehead atoms. The van der Waals surface area contributed by atoms with E-state index in [4.69, 9.17) is 0 Å². The smallest absolute Gasteiger partial charge is 0.148 e. The third-order valence-corrected chi connectivity index (χ3v) is 2.71. The number of nitrogens with one attached hydrogen (secondary N) is 1. The molecule has 0 atom stereocenters. The number of hydrogen-bond acceptors (Lipinski definition) is 3. The van der Waals surface area contributed by atoms with E-state index in [0.29, 0.717) is 12.6 Å². The largest absolute Gasteiger partial charge is 0.361 e. The summed E-state index contributed by atoms with van der Waals surface area (Å²) >= 11 is 0. The normalized spacial score (nSPS) is 11.1. The predicted octanol–water partition coefficient (Wildman–Crippen LogP) is 2.29. The van der Waals surface area contributed by atoms with Gasteiger partial charge >= 0.3 is 0 Å². The number of aromatic nitrogens is 4. The summed E-state index contributed by atoms with van der Waals surface area (Å²) in [7, 11) is 0. The molecule has 5 heteroatoms. The Bertz CT molecular complexity index is 469. The third-order valence-electron chi connectivity index (χ3n) is 2.71. The molecule has 0 aliphatic heterocycles. The Morgan fingerprint density at radius 2 is 2.18 bits per heavy atom. The highest BCUT2D eigenvalue weighted by Gasteiger charge is 2.04. The van der Waals surface area contributed by atoms with Crippen LogP contribution in [0.3, 0.4) is 0 Å². The molecule has 2 aromatic heterocycles. The van der Waals surface area contributed by atoms with Gasteiger partial charge in [0, 0.05) is 37.2 Å². The number of anilines is 1. The molecule has 92 valence electrons. The van der Waals surface area contributed by atoms with Gasteiger partial charge in [-0.3, -0.25) is 4.68 Å². The van der Waals surface area contributed by atoms with E-state index in [1.807, 2.05) is 29.3 Å². The lowest BCUT2D eigenvalue weighted by Gasteiger charge is -2.06. The van der Waals surface area contributed by atoms with Crippen molar-refractivity contribution < 1.29 is 0 Å². The summed E-state index contributed by atoms with van der Waals surface area (Å²) < 4.78 is 4.06. The van der Waals surface area contributed by atoms with E-state index in [-0.39, 0.29) is 0 Å². The van der Waals surface area contributed by atoms with Crippen LogP contribution in [0, 0.1) is 0 Å². The molecular formula is C12H19N5. The quantitative estimate of drug-likeness (QED) is 0.862. The van der Waals surface area contributed by atoms with Crippen LogP contribution in [0.15, 0.2) is 24.7 Å². The molecule has 0 spiro atoms. The average molecular weight is 233 g/mol.